The van der Waals surface area contributed by atoms with Gasteiger partial charge in [0.05, 0.1) is 12.3 Å². The number of hydrogen-bond acceptors (Lipinski definition) is 6. The normalized spacial score (nSPS) is 11.0. The quantitative estimate of drug-likeness (QED) is 0.255. The third kappa shape index (κ3) is 6.03. The maximum absolute atomic E-state index is 13.3. The summed E-state index contributed by atoms with van der Waals surface area (Å²) in [6.45, 7) is 16.8. The molecule has 192 valence electrons. The van der Waals surface area contributed by atoms with Crippen LogP contribution in [0.2, 0.25) is 0 Å². The number of aromatic amines is 1. The highest BCUT2D eigenvalue weighted by molar-refractivity contribution is 7.73. The first kappa shape index (κ1) is 28.0. The summed E-state index contributed by atoms with van der Waals surface area (Å²) in [4.78, 5) is 18.9. The highest BCUT2D eigenvalue weighted by Crippen LogP contribution is 2.25. The van der Waals surface area contributed by atoms with Gasteiger partial charge >= 0.3 is 0 Å². The molecule has 2 aromatic heterocycles. The van der Waals surface area contributed by atoms with Gasteiger partial charge in [-0.25, -0.2) is 0 Å². The zero-order chi connectivity index (χ0) is 26.4. The lowest BCUT2D eigenvalue weighted by Gasteiger charge is -2.13. The molecular weight excluding hydrogens is 509 g/mol. The fraction of sp³-hybridized carbons (Fsp3) is 0.370. The molecular formula is C27H34N4O2S3. The summed E-state index contributed by atoms with van der Waals surface area (Å²) >= 11 is 12.4. The van der Waals surface area contributed by atoms with E-state index in [0.29, 0.717) is 31.4 Å². The third-order valence-corrected chi connectivity index (χ3v) is 7.78. The van der Waals surface area contributed by atoms with E-state index >= 15 is 0 Å². The first-order valence-electron chi connectivity index (χ1n) is 12.2. The van der Waals surface area contributed by atoms with Gasteiger partial charge in [-0.3, -0.25) is 13.9 Å². The Morgan fingerprint density at radius 2 is 1.50 bits per heavy atom. The molecule has 0 aliphatic heterocycles. The van der Waals surface area contributed by atoms with Gasteiger partial charge in [0.25, 0.3) is 5.56 Å². The van der Waals surface area contributed by atoms with Crippen molar-refractivity contribution in [3.05, 3.63) is 72.7 Å². The summed E-state index contributed by atoms with van der Waals surface area (Å²) in [5, 5.41) is 0. The molecule has 6 nitrogen and oxygen atoms in total. The molecule has 0 aliphatic carbocycles. The second kappa shape index (κ2) is 12.6. The van der Waals surface area contributed by atoms with Gasteiger partial charge in [0.15, 0.2) is 8.73 Å². The van der Waals surface area contributed by atoms with E-state index in [4.69, 9.17) is 29.2 Å². The van der Waals surface area contributed by atoms with Crippen LogP contribution in [0.4, 0.5) is 0 Å². The van der Waals surface area contributed by atoms with E-state index in [1.807, 2.05) is 47.9 Å². The lowest BCUT2D eigenvalue weighted by atomic mass is 10.1. The number of aromatic nitrogens is 3. The minimum absolute atomic E-state index is 0.188. The Hall–Kier alpha value is -2.59. The second-order valence-corrected chi connectivity index (χ2v) is 10.3. The van der Waals surface area contributed by atoms with Gasteiger partial charge < -0.3 is 14.6 Å². The van der Waals surface area contributed by atoms with Crippen LogP contribution < -0.4 is 10.3 Å². The van der Waals surface area contributed by atoms with E-state index in [0.717, 1.165) is 17.0 Å². The van der Waals surface area contributed by atoms with Crippen molar-refractivity contribution in [1.29, 1.82) is 0 Å². The lowest BCUT2D eigenvalue weighted by Crippen LogP contribution is -2.21. The molecule has 0 amide bonds. The smallest absolute Gasteiger partial charge is 0.278 e. The molecule has 2 aromatic carbocycles. The van der Waals surface area contributed by atoms with Crippen molar-refractivity contribution in [2.24, 2.45) is 0 Å². The Kier molecular flexibility index (Phi) is 9.78. The lowest BCUT2D eigenvalue weighted by molar-refractivity contribution is 0.321. The number of hydrogen-bond donors (Lipinski definition) is 1. The topological polar surface area (TPSA) is 55.2 Å². The SMILES string of the molecule is CCN(CC)CC.CCOc1ccc(-n2c(=S)[nH]c3c(sc(=S)n3-c3ccc(C)c(C)c3)c2=O)cc1. The first-order chi connectivity index (χ1) is 17.2. The number of rotatable bonds is 7. The minimum Gasteiger partial charge on any atom is -0.494 e. The fourth-order valence-electron chi connectivity index (χ4n) is 3.85. The van der Waals surface area contributed by atoms with Crippen molar-refractivity contribution in [3.8, 4) is 17.1 Å². The molecule has 0 aliphatic rings. The van der Waals surface area contributed by atoms with Gasteiger partial charge in [0, 0.05) is 5.69 Å². The van der Waals surface area contributed by atoms with E-state index in [9.17, 15) is 4.79 Å². The molecule has 1 N–H and O–H groups in total. The molecule has 4 aromatic rings. The fourth-order valence-corrected chi connectivity index (χ4v) is 5.46. The van der Waals surface area contributed by atoms with Crippen LogP contribution in [-0.2, 0) is 0 Å². The van der Waals surface area contributed by atoms with Crippen molar-refractivity contribution in [1.82, 2.24) is 19.0 Å². The highest BCUT2D eigenvalue weighted by Gasteiger charge is 2.15. The zero-order valence-electron chi connectivity index (χ0n) is 21.8. The van der Waals surface area contributed by atoms with Crippen LogP contribution in [0.15, 0.2) is 47.3 Å². The molecule has 36 heavy (non-hydrogen) atoms. The number of nitrogens with one attached hydrogen (secondary N) is 1. The van der Waals surface area contributed by atoms with E-state index in [-0.39, 0.29) is 5.56 Å². The van der Waals surface area contributed by atoms with Gasteiger partial charge in [-0.2, -0.15) is 0 Å². The molecule has 0 atom stereocenters. The van der Waals surface area contributed by atoms with Gasteiger partial charge in [-0.1, -0.05) is 38.2 Å². The Morgan fingerprint density at radius 3 is 2.03 bits per heavy atom. The molecule has 2 heterocycles. The van der Waals surface area contributed by atoms with Gasteiger partial charge in [0.2, 0.25) is 0 Å². The standard InChI is InChI=1S/C21H19N3O2S3.C6H15N/c1-4-26-16-9-7-14(8-10-16)24-19(25)17-18(22-20(24)27)23(21(28)29-17)15-6-5-12(2)13(3)11-15;1-4-7(5-2)6-3/h5-11H,4H2,1-3H3,(H,22,27);4-6H2,1-3H3. The van der Waals surface area contributed by atoms with Crippen LogP contribution in [0.1, 0.15) is 38.8 Å². The molecule has 0 saturated carbocycles. The summed E-state index contributed by atoms with van der Waals surface area (Å²) < 4.78 is 10.3. The molecule has 4 rings (SSSR count). The van der Waals surface area contributed by atoms with Crippen LogP contribution in [0, 0.1) is 22.6 Å². The maximum Gasteiger partial charge on any atom is 0.278 e. The Bertz CT molecular complexity index is 1490. The Labute approximate surface area is 226 Å². The molecule has 0 unspecified atom stereocenters. The summed E-state index contributed by atoms with van der Waals surface area (Å²) in [5.74, 6) is 0.747. The number of thiazole rings is 1. The van der Waals surface area contributed by atoms with Crippen molar-refractivity contribution in [2.45, 2.75) is 41.5 Å². The minimum atomic E-state index is -0.188. The second-order valence-electron chi connectivity index (χ2n) is 8.27. The number of nitrogens with zero attached hydrogens (tertiary/aromatic N) is 3. The monoisotopic (exact) mass is 542 g/mol. The molecule has 9 heteroatoms. The Balaban J connectivity index is 0.000000454. The molecule has 0 radical (unpaired) electrons. The third-order valence-electron chi connectivity index (χ3n) is 6.13. The van der Waals surface area contributed by atoms with E-state index in [1.54, 1.807) is 0 Å². The van der Waals surface area contributed by atoms with E-state index in [2.05, 4.69) is 50.6 Å². The maximum atomic E-state index is 13.3. The van der Waals surface area contributed by atoms with Gasteiger partial charge in [-0.15, -0.1) is 0 Å². The number of aryl methyl sites for hydroxylation is 2. The van der Waals surface area contributed by atoms with Crippen LogP contribution in [0.5, 0.6) is 5.75 Å². The summed E-state index contributed by atoms with van der Waals surface area (Å²) in [6, 6.07) is 13.4. The molecule has 0 saturated heterocycles. The van der Waals surface area contributed by atoms with Crippen molar-refractivity contribution in [2.75, 3.05) is 26.2 Å². The average Bonchev–Trinajstić information content (AvgIpc) is 3.19. The van der Waals surface area contributed by atoms with E-state index in [1.165, 1.54) is 41.1 Å². The van der Waals surface area contributed by atoms with Crippen LogP contribution in [-0.4, -0.2) is 45.3 Å². The number of fused-ring (bicyclic) bond motifs is 1. The van der Waals surface area contributed by atoms with Crippen molar-refractivity contribution in [3.63, 3.8) is 0 Å². The zero-order valence-corrected chi connectivity index (χ0v) is 24.2. The van der Waals surface area contributed by atoms with Gasteiger partial charge in [0.1, 0.15) is 16.1 Å². The summed E-state index contributed by atoms with van der Waals surface area (Å²) in [6.07, 6.45) is 0. The summed E-state index contributed by atoms with van der Waals surface area (Å²) in [7, 11) is 0. The highest BCUT2D eigenvalue weighted by atomic mass is 32.1. The first-order valence-corrected chi connectivity index (χ1v) is 13.8. The molecule has 0 spiro atoms. The predicted octanol–water partition coefficient (Wildman–Crippen LogP) is 6.99. The molecule has 0 fully saturated rings. The van der Waals surface area contributed by atoms with Crippen LogP contribution in [0.3, 0.4) is 0 Å². The van der Waals surface area contributed by atoms with Crippen LogP contribution in [0.25, 0.3) is 21.7 Å². The largest absolute Gasteiger partial charge is 0.494 e. The Morgan fingerprint density at radius 1 is 0.889 bits per heavy atom. The van der Waals surface area contributed by atoms with Crippen molar-refractivity contribution >= 4 is 46.1 Å². The predicted molar refractivity (Wildman–Crippen MR) is 157 cm³/mol. The van der Waals surface area contributed by atoms with Crippen LogP contribution >= 0.6 is 35.8 Å². The number of benzene rings is 2. The van der Waals surface area contributed by atoms with Crippen molar-refractivity contribution < 1.29 is 4.74 Å². The average molecular weight is 543 g/mol. The molecule has 0 bridgehead atoms. The number of ether oxygens (including phenoxy) is 1. The van der Waals surface area contributed by atoms with E-state index < -0.39 is 0 Å². The summed E-state index contributed by atoms with van der Waals surface area (Å²) in [5.41, 5.74) is 4.38. The number of H-pyrrole nitrogens is 1. The van der Waals surface area contributed by atoms with Gasteiger partial charge in [-0.05, 0) is 112 Å².